The number of carbonyl (C=O) groups is 1. The third-order valence-corrected chi connectivity index (χ3v) is 5.57. The van der Waals surface area contributed by atoms with E-state index in [9.17, 15) is 4.79 Å². The minimum absolute atomic E-state index is 0.0746. The van der Waals surface area contributed by atoms with Crippen molar-refractivity contribution < 1.29 is 23.7 Å². The standard InChI is InChI=1S/C19H26N2O5/c1-23-6-5-21-15-4-3-13(19(21)22)9-20(11-15)10-14-7-17-18(26-12-25-17)8-16(14)24-2/h7-8,13,15H,3-6,9-12H2,1-2H3. The van der Waals surface area contributed by atoms with Crippen LogP contribution in [0.3, 0.4) is 0 Å². The number of hydrogen-bond donors (Lipinski definition) is 0. The van der Waals surface area contributed by atoms with Crippen LogP contribution in [0.5, 0.6) is 17.2 Å². The number of amides is 1. The molecule has 2 atom stereocenters. The predicted molar refractivity (Wildman–Crippen MR) is 94.5 cm³/mol. The maximum Gasteiger partial charge on any atom is 0.231 e. The second kappa shape index (κ2) is 7.32. The van der Waals surface area contributed by atoms with E-state index in [2.05, 4.69) is 4.90 Å². The van der Waals surface area contributed by atoms with Crippen molar-refractivity contribution in [3.05, 3.63) is 17.7 Å². The third kappa shape index (κ3) is 3.21. The van der Waals surface area contributed by atoms with E-state index in [4.69, 9.17) is 18.9 Å². The van der Waals surface area contributed by atoms with Crippen molar-refractivity contribution in [2.75, 3.05) is 47.3 Å². The van der Waals surface area contributed by atoms with Gasteiger partial charge in [-0.3, -0.25) is 9.69 Å². The Morgan fingerprint density at radius 3 is 2.73 bits per heavy atom. The average molecular weight is 362 g/mol. The molecule has 0 aliphatic carbocycles. The van der Waals surface area contributed by atoms with Gasteiger partial charge in [0.25, 0.3) is 0 Å². The number of carbonyl (C=O) groups excluding carboxylic acids is 1. The molecule has 3 fully saturated rings. The van der Waals surface area contributed by atoms with Crippen LogP contribution in [0, 0.1) is 5.92 Å². The van der Waals surface area contributed by atoms with E-state index in [1.807, 2.05) is 17.0 Å². The summed E-state index contributed by atoms with van der Waals surface area (Å²) < 4.78 is 21.7. The van der Waals surface area contributed by atoms with Gasteiger partial charge in [0.15, 0.2) is 11.5 Å². The molecule has 7 heteroatoms. The average Bonchev–Trinajstić information content (AvgIpc) is 2.94. The summed E-state index contributed by atoms with van der Waals surface area (Å²) in [6.07, 6.45) is 2.04. The number of piperidine rings is 1. The molecule has 1 aromatic rings. The quantitative estimate of drug-likeness (QED) is 0.764. The number of ether oxygens (including phenoxy) is 4. The molecular weight excluding hydrogens is 336 g/mol. The second-order valence-corrected chi connectivity index (χ2v) is 7.16. The normalized spacial score (nSPS) is 24.8. The molecule has 7 nitrogen and oxygen atoms in total. The van der Waals surface area contributed by atoms with Gasteiger partial charge < -0.3 is 23.8 Å². The van der Waals surface area contributed by atoms with Gasteiger partial charge in [-0.15, -0.1) is 0 Å². The first-order valence-corrected chi connectivity index (χ1v) is 9.18. The lowest BCUT2D eigenvalue weighted by Crippen LogP contribution is -2.49. The summed E-state index contributed by atoms with van der Waals surface area (Å²) in [7, 11) is 3.35. The lowest BCUT2D eigenvalue weighted by Gasteiger charge is -2.35. The van der Waals surface area contributed by atoms with Crippen LogP contribution in [0.15, 0.2) is 12.1 Å². The zero-order valence-corrected chi connectivity index (χ0v) is 15.4. The monoisotopic (exact) mass is 362 g/mol. The highest BCUT2D eigenvalue weighted by atomic mass is 16.7. The van der Waals surface area contributed by atoms with E-state index in [0.29, 0.717) is 13.2 Å². The zero-order chi connectivity index (χ0) is 18.1. The molecule has 142 valence electrons. The number of benzene rings is 1. The number of methoxy groups -OCH3 is 2. The van der Waals surface area contributed by atoms with Gasteiger partial charge in [0.05, 0.1) is 19.6 Å². The Morgan fingerprint density at radius 2 is 1.96 bits per heavy atom. The molecule has 0 N–H and O–H groups in total. The molecule has 26 heavy (non-hydrogen) atoms. The van der Waals surface area contributed by atoms with Crippen molar-refractivity contribution >= 4 is 5.91 Å². The Morgan fingerprint density at radius 1 is 1.15 bits per heavy atom. The Bertz CT molecular complexity index is 680. The van der Waals surface area contributed by atoms with Crippen molar-refractivity contribution in [1.29, 1.82) is 0 Å². The Hall–Kier alpha value is -1.99. The van der Waals surface area contributed by atoms with E-state index in [1.54, 1.807) is 14.2 Å². The SMILES string of the molecule is COCCN1C(=O)C2CCC1CN(Cc1cc3c(cc1OC)OCO3)C2. The summed E-state index contributed by atoms with van der Waals surface area (Å²) in [5.74, 6) is 2.64. The number of fused-ring (bicyclic) bond motifs is 5. The highest BCUT2D eigenvalue weighted by molar-refractivity contribution is 5.80. The maximum atomic E-state index is 12.8. The van der Waals surface area contributed by atoms with Crippen LogP contribution >= 0.6 is 0 Å². The second-order valence-electron chi connectivity index (χ2n) is 7.16. The highest BCUT2D eigenvalue weighted by Gasteiger charge is 2.40. The fourth-order valence-electron chi connectivity index (χ4n) is 4.26. The number of hydrogen-bond acceptors (Lipinski definition) is 6. The summed E-state index contributed by atoms with van der Waals surface area (Å²) in [5, 5.41) is 0. The summed E-state index contributed by atoms with van der Waals surface area (Å²) >= 11 is 0. The van der Waals surface area contributed by atoms with E-state index in [-0.39, 0.29) is 24.7 Å². The van der Waals surface area contributed by atoms with Crippen LogP contribution in [-0.2, 0) is 16.1 Å². The summed E-state index contributed by atoms with van der Waals surface area (Å²) in [5.41, 5.74) is 1.06. The molecule has 2 bridgehead atoms. The minimum Gasteiger partial charge on any atom is -0.496 e. The van der Waals surface area contributed by atoms with Crippen LogP contribution in [0.2, 0.25) is 0 Å². The van der Waals surface area contributed by atoms with E-state index < -0.39 is 0 Å². The van der Waals surface area contributed by atoms with Crippen molar-refractivity contribution in [2.45, 2.75) is 25.4 Å². The van der Waals surface area contributed by atoms with E-state index >= 15 is 0 Å². The zero-order valence-electron chi connectivity index (χ0n) is 15.4. The first-order valence-electron chi connectivity index (χ1n) is 9.18. The largest absolute Gasteiger partial charge is 0.496 e. The Labute approximate surface area is 153 Å². The molecule has 4 aliphatic heterocycles. The minimum atomic E-state index is 0.0746. The molecule has 5 rings (SSSR count). The molecule has 4 heterocycles. The van der Waals surface area contributed by atoms with Crippen LogP contribution < -0.4 is 14.2 Å². The van der Waals surface area contributed by atoms with Gasteiger partial charge in [-0.05, 0) is 18.9 Å². The fraction of sp³-hybridized carbons (Fsp3) is 0.632. The molecule has 0 aromatic heterocycles. The summed E-state index contributed by atoms with van der Waals surface area (Å²) in [6, 6.07) is 4.15. The van der Waals surface area contributed by atoms with Gasteiger partial charge in [0.2, 0.25) is 12.7 Å². The molecule has 1 aromatic carbocycles. The predicted octanol–water partition coefficient (Wildman–Crippen LogP) is 1.49. The molecular formula is C19H26N2O5. The van der Waals surface area contributed by atoms with Gasteiger partial charge in [-0.25, -0.2) is 0 Å². The molecule has 0 saturated carbocycles. The molecule has 0 spiro atoms. The highest BCUT2D eigenvalue weighted by Crippen LogP contribution is 2.39. The Kier molecular flexibility index (Phi) is 4.91. The van der Waals surface area contributed by atoms with Crippen molar-refractivity contribution in [2.24, 2.45) is 5.92 Å². The van der Waals surface area contributed by atoms with Crippen LogP contribution in [0.1, 0.15) is 18.4 Å². The molecule has 0 radical (unpaired) electrons. The van der Waals surface area contributed by atoms with Gasteiger partial charge in [0, 0.05) is 51.0 Å². The fourth-order valence-corrected chi connectivity index (χ4v) is 4.26. The van der Waals surface area contributed by atoms with E-state index in [1.165, 1.54) is 0 Å². The van der Waals surface area contributed by atoms with Crippen LogP contribution in [0.25, 0.3) is 0 Å². The van der Waals surface area contributed by atoms with Crippen molar-refractivity contribution in [3.8, 4) is 17.2 Å². The Balaban J connectivity index is 1.52. The van der Waals surface area contributed by atoms with E-state index in [0.717, 1.165) is 55.3 Å². The van der Waals surface area contributed by atoms with Gasteiger partial charge >= 0.3 is 0 Å². The maximum absolute atomic E-state index is 12.8. The molecule has 3 saturated heterocycles. The lowest BCUT2D eigenvalue weighted by molar-refractivity contribution is -0.140. The lowest BCUT2D eigenvalue weighted by atomic mass is 9.94. The first kappa shape index (κ1) is 17.4. The molecule has 4 aliphatic rings. The number of nitrogens with zero attached hydrogens (tertiary/aromatic N) is 2. The molecule has 1 amide bonds. The van der Waals surface area contributed by atoms with Crippen molar-refractivity contribution in [1.82, 2.24) is 9.80 Å². The number of rotatable bonds is 6. The van der Waals surface area contributed by atoms with Gasteiger partial charge in [-0.2, -0.15) is 0 Å². The summed E-state index contributed by atoms with van der Waals surface area (Å²) in [4.78, 5) is 17.2. The van der Waals surface area contributed by atoms with Crippen LogP contribution in [0.4, 0.5) is 0 Å². The van der Waals surface area contributed by atoms with Gasteiger partial charge in [-0.1, -0.05) is 0 Å². The molecule has 2 unspecified atom stereocenters. The van der Waals surface area contributed by atoms with Crippen molar-refractivity contribution in [3.63, 3.8) is 0 Å². The van der Waals surface area contributed by atoms with Crippen LogP contribution in [-0.4, -0.2) is 69.0 Å². The smallest absolute Gasteiger partial charge is 0.231 e. The summed E-state index contributed by atoms with van der Waals surface area (Å²) in [6.45, 7) is 3.92. The third-order valence-electron chi connectivity index (χ3n) is 5.57. The topological polar surface area (TPSA) is 60.5 Å². The van der Waals surface area contributed by atoms with Gasteiger partial charge in [0.1, 0.15) is 5.75 Å². The first-order chi connectivity index (χ1) is 12.7.